The van der Waals surface area contributed by atoms with Crippen LogP contribution in [0.25, 0.3) is 0 Å². The van der Waals surface area contributed by atoms with Crippen molar-refractivity contribution in [1.29, 1.82) is 0 Å². The smallest absolute Gasteiger partial charge is 0.306 e. The molecule has 1 saturated heterocycles. The average Bonchev–Trinajstić information content (AvgIpc) is 3.50. The Morgan fingerprint density at radius 1 is 0.481 bits per heavy atom. The molecular weight excluding hydrogens is 991 g/mol. The zero-order chi connectivity index (χ0) is 57.5. The Hall–Kier alpha value is -2.12. The summed E-state index contributed by atoms with van der Waals surface area (Å²) in [6, 6.07) is -1.02. The van der Waals surface area contributed by atoms with E-state index >= 15 is 0 Å². The molecule has 11 heteroatoms. The van der Waals surface area contributed by atoms with E-state index in [1.165, 1.54) is 205 Å². The first-order chi connectivity index (χ1) is 38.7. The van der Waals surface area contributed by atoms with Crippen LogP contribution in [0.3, 0.4) is 0 Å². The van der Waals surface area contributed by atoms with Crippen LogP contribution in [-0.2, 0) is 23.8 Å². The van der Waals surface area contributed by atoms with E-state index in [1.54, 1.807) is 6.08 Å². The van der Waals surface area contributed by atoms with Gasteiger partial charge in [-0.05, 0) is 77.0 Å². The summed E-state index contributed by atoms with van der Waals surface area (Å²) >= 11 is 0. The van der Waals surface area contributed by atoms with Gasteiger partial charge in [0, 0.05) is 6.42 Å². The van der Waals surface area contributed by atoms with Crippen molar-refractivity contribution in [3.63, 3.8) is 0 Å². The van der Waals surface area contributed by atoms with Crippen molar-refractivity contribution < 1.29 is 49.3 Å². The van der Waals surface area contributed by atoms with Gasteiger partial charge >= 0.3 is 5.97 Å². The fourth-order valence-electron chi connectivity index (χ4n) is 10.6. The Morgan fingerprint density at radius 3 is 1.24 bits per heavy atom. The average molecular weight is 1120 g/mol. The number of amides is 1. The van der Waals surface area contributed by atoms with Gasteiger partial charge in [-0.2, -0.15) is 0 Å². The van der Waals surface area contributed by atoms with Gasteiger partial charge in [-0.1, -0.05) is 276 Å². The molecule has 0 radical (unpaired) electrons. The minimum atomic E-state index is -1.61. The molecule has 1 fully saturated rings. The molecule has 8 unspecified atom stereocenters. The first kappa shape index (κ1) is 74.9. The molecule has 11 nitrogen and oxygen atoms in total. The highest BCUT2D eigenvalue weighted by Gasteiger charge is 2.47. The normalized spacial score (nSPS) is 19.0. The number of hydrogen-bond acceptors (Lipinski definition) is 10. The second-order valence-corrected chi connectivity index (χ2v) is 23.6. The number of allylic oxidation sites excluding steroid dienone is 5. The van der Waals surface area contributed by atoms with Gasteiger partial charge in [-0.25, -0.2) is 0 Å². The molecule has 0 aromatic carbocycles. The second kappa shape index (κ2) is 56.4. The molecule has 1 aliphatic heterocycles. The number of unbranched alkanes of at least 4 members (excludes halogenated alkanes) is 40. The molecule has 0 aromatic heterocycles. The van der Waals surface area contributed by atoms with E-state index in [-0.39, 0.29) is 13.0 Å². The Labute approximate surface area is 485 Å². The highest BCUT2D eigenvalue weighted by atomic mass is 16.7. The lowest BCUT2D eigenvalue weighted by atomic mass is 9.99. The van der Waals surface area contributed by atoms with Gasteiger partial charge < -0.3 is 45.1 Å². The van der Waals surface area contributed by atoms with Crippen LogP contribution in [0.2, 0.25) is 0 Å². The quantitative estimate of drug-likeness (QED) is 0.0195. The summed E-state index contributed by atoms with van der Waals surface area (Å²) in [5.74, 6) is -1.19. The fraction of sp³-hybridized carbons (Fsp3) is 0.882. The van der Waals surface area contributed by atoms with Gasteiger partial charge in [-0.15, -0.1) is 0 Å². The van der Waals surface area contributed by atoms with Crippen LogP contribution in [-0.4, -0.2) is 99.6 Å². The van der Waals surface area contributed by atoms with Crippen LogP contribution >= 0.6 is 0 Å². The summed E-state index contributed by atoms with van der Waals surface area (Å²) in [7, 11) is 0. The van der Waals surface area contributed by atoms with E-state index in [0.717, 1.165) is 70.6 Å². The predicted octanol–water partition coefficient (Wildman–Crippen LogP) is 16.6. The zero-order valence-electron chi connectivity index (χ0n) is 51.5. The summed E-state index contributed by atoms with van der Waals surface area (Å²) in [6.45, 7) is 5.81. The van der Waals surface area contributed by atoms with Gasteiger partial charge in [0.05, 0.1) is 25.4 Å². The number of carbonyl (C=O) groups excluding carboxylic acids is 2. The minimum Gasteiger partial charge on any atom is -0.454 e. The predicted molar refractivity (Wildman–Crippen MR) is 329 cm³/mol. The zero-order valence-corrected chi connectivity index (χ0v) is 51.5. The SMILES string of the molecule is CCCCCC/C=C\CCCCCCCCCC(=O)OC1C(OCC(NC(=O)C(O)CCCCCCCCCCCCCC/C=C/CCCCCCCC)C(O)/C=C/CCCCCCCCCCCCC)OC(CO)C(O)C1O. The lowest BCUT2D eigenvalue weighted by Crippen LogP contribution is -2.61. The standard InChI is InChI=1S/C68H127NO10/c1-4-7-10-13-16-19-22-25-27-28-29-30-31-32-33-35-37-40-43-46-49-52-55-61(72)67(76)69-59(60(71)54-51-48-45-42-39-36-24-21-18-15-12-9-6-3)58-77-68-66(65(75)64(74)62(57-70)78-68)79-63(73)56-53-50-47-44-41-38-34-26-23-20-17-14-11-8-5-2/h20,23,25,27,51,54,59-62,64-66,68,70-72,74-75H,4-19,21-22,24,26,28-50,52-53,55-58H2,1-3H3,(H,69,76)/b23-20-,27-25+,54-51+. The number of rotatable bonds is 58. The van der Waals surface area contributed by atoms with Crippen molar-refractivity contribution >= 4 is 11.9 Å². The second-order valence-electron chi connectivity index (χ2n) is 23.6. The van der Waals surface area contributed by atoms with Crippen molar-refractivity contribution in [2.75, 3.05) is 13.2 Å². The molecule has 0 saturated carbocycles. The molecule has 6 N–H and O–H groups in total. The van der Waals surface area contributed by atoms with Crippen molar-refractivity contribution in [1.82, 2.24) is 5.32 Å². The minimum absolute atomic E-state index is 0.121. The Morgan fingerprint density at radius 2 is 0.835 bits per heavy atom. The lowest BCUT2D eigenvalue weighted by molar-refractivity contribution is -0.305. The molecule has 0 aliphatic carbocycles. The first-order valence-corrected chi connectivity index (χ1v) is 33.8. The molecule has 1 amide bonds. The highest BCUT2D eigenvalue weighted by Crippen LogP contribution is 2.26. The molecule has 0 spiro atoms. The molecule has 8 atom stereocenters. The third-order valence-corrected chi connectivity index (χ3v) is 16.0. The number of nitrogens with one attached hydrogen (secondary N) is 1. The summed E-state index contributed by atoms with van der Waals surface area (Å²) in [6.07, 6.45) is 57.5. The third kappa shape index (κ3) is 44.1. The fourth-order valence-corrected chi connectivity index (χ4v) is 10.6. The number of esters is 1. The summed E-state index contributed by atoms with van der Waals surface area (Å²) in [4.78, 5) is 26.6. The highest BCUT2D eigenvalue weighted by molar-refractivity contribution is 5.80. The molecule has 1 rings (SSSR count). The van der Waals surface area contributed by atoms with E-state index in [9.17, 15) is 35.1 Å². The van der Waals surface area contributed by atoms with E-state index < -0.39 is 67.4 Å². The first-order valence-electron chi connectivity index (χ1n) is 33.8. The maximum atomic E-state index is 13.5. The van der Waals surface area contributed by atoms with Crippen LogP contribution in [0.5, 0.6) is 0 Å². The van der Waals surface area contributed by atoms with Crippen molar-refractivity contribution in [3.8, 4) is 0 Å². The van der Waals surface area contributed by atoms with Gasteiger partial charge in [0.2, 0.25) is 5.91 Å². The number of ether oxygens (including phenoxy) is 3. The molecule has 0 aromatic rings. The molecule has 1 heterocycles. The summed E-state index contributed by atoms with van der Waals surface area (Å²) < 4.78 is 17.7. The largest absolute Gasteiger partial charge is 0.454 e. The Bertz CT molecular complexity index is 1420. The van der Waals surface area contributed by atoms with Crippen LogP contribution < -0.4 is 5.32 Å². The van der Waals surface area contributed by atoms with E-state index in [0.29, 0.717) is 19.3 Å². The number of hydrogen-bond donors (Lipinski definition) is 6. The van der Waals surface area contributed by atoms with E-state index in [1.807, 2.05) is 6.08 Å². The molecule has 79 heavy (non-hydrogen) atoms. The molecule has 1 aliphatic rings. The van der Waals surface area contributed by atoms with Crippen LogP contribution in [0.4, 0.5) is 0 Å². The van der Waals surface area contributed by atoms with E-state index in [2.05, 4.69) is 50.4 Å². The van der Waals surface area contributed by atoms with Crippen LogP contribution in [0.1, 0.15) is 323 Å². The maximum Gasteiger partial charge on any atom is 0.306 e. The Balaban J connectivity index is 2.62. The van der Waals surface area contributed by atoms with Crippen molar-refractivity contribution in [3.05, 3.63) is 36.5 Å². The van der Waals surface area contributed by atoms with Gasteiger partial charge in [0.1, 0.15) is 24.4 Å². The molecular formula is C68H127NO10. The third-order valence-electron chi connectivity index (χ3n) is 16.0. The molecule has 464 valence electrons. The van der Waals surface area contributed by atoms with Gasteiger partial charge in [-0.3, -0.25) is 9.59 Å². The summed E-state index contributed by atoms with van der Waals surface area (Å²) in [5, 5.41) is 57.1. The monoisotopic (exact) mass is 1120 g/mol. The number of carbonyl (C=O) groups is 2. The number of aliphatic hydroxyl groups excluding tert-OH is 5. The van der Waals surface area contributed by atoms with Crippen molar-refractivity contribution in [2.24, 2.45) is 0 Å². The maximum absolute atomic E-state index is 13.5. The van der Waals surface area contributed by atoms with E-state index in [4.69, 9.17) is 14.2 Å². The van der Waals surface area contributed by atoms with Gasteiger partial charge in [0.15, 0.2) is 12.4 Å². The topological polar surface area (TPSA) is 175 Å². The van der Waals surface area contributed by atoms with Gasteiger partial charge in [0.25, 0.3) is 0 Å². The van der Waals surface area contributed by atoms with Crippen LogP contribution in [0.15, 0.2) is 36.5 Å². The lowest BCUT2D eigenvalue weighted by Gasteiger charge is -2.41. The van der Waals surface area contributed by atoms with Crippen LogP contribution in [0, 0.1) is 0 Å². The Kier molecular flexibility index (Phi) is 53.4. The number of aliphatic hydroxyl groups is 5. The summed E-state index contributed by atoms with van der Waals surface area (Å²) in [5.41, 5.74) is 0. The van der Waals surface area contributed by atoms with Crippen molar-refractivity contribution in [2.45, 2.75) is 372 Å². The molecule has 0 bridgehead atoms.